The lowest BCUT2D eigenvalue weighted by Gasteiger charge is -2.16. The average Bonchev–Trinajstić information content (AvgIpc) is 2.38. The van der Waals surface area contributed by atoms with Crippen LogP contribution in [0, 0.1) is 11.3 Å². The van der Waals surface area contributed by atoms with E-state index in [9.17, 15) is 9.59 Å². The maximum absolute atomic E-state index is 11.9. The van der Waals surface area contributed by atoms with Gasteiger partial charge in [-0.15, -0.1) is 0 Å². The molecule has 0 bridgehead atoms. The summed E-state index contributed by atoms with van der Waals surface area (Å²) in [4.78, 5) is 22.9. The van der Waals surface area contributed by atoms with E-state index >= 15 is 0 Å². The first-order valence-electron chi connectivity index (χ1n) is 5.36. The number of hydrogen-bond donors (Lipinski definition) is 3. The fraction of sp³-hybridized carbons (Fsp3) is 0.250. The van der Waals surface area contributed by atoms with Crippen LogP contribution in [0.5, 0.6) is 0 Å². The lowest BCUT2D eigenvalue weighted by molar-refractivity contribution is -0.124. The Morgan fingerprint density at radius 1 is 1.53 bits per heavy atom. The van der Waals surface area contributed by atoms with Crippen molar-refractivity contribution in [1.82, 2.24) is 5.32 Å². The zero-order valence-electron chi connectivity index (χ0n) is 10.1. The number of thiol groups is 1. The van der Waals surface area contributed by atoms with Gasteiger partial charge in [0.2, 0.25) is 11.8 Å². The van der Waals surface area contributed by atoms with E-state index in [4.69, 9.17) is 16.9 Å². The molecule has 0 fully saturated rings. The molecule has 2 amide bonds. The quantitative estimate of drug-likeness (QED) is 0.738. The van der Waals surface area contributed by atoms with E-state index in [1.807, 2.05) is 6.07 Å². The summed E-state index contributed by atoms with van der Waals surface area (Å²) in [5.41, 5.74) is 0.699. The van der Waals surface area contributed by atoms with Crippen molar-refractivity contribution >= 4 is 41.7 Å². The molecule has 0 aliphatic heterocycles. The summed E-state index contributed by atoms with van der Waals surface area (Å²) in [6, 6.07) is 5.71. The Bertz CT molecular complexity index is 542. The molecule has 0 saturated heterocycles. The van der Waals surface area contributed by atoms with Crippen LogP contribution in [0.4, 0.5) is 5.69 Å². The van der Waals surface area contributed by atoms with Gasteiger partial charge in [0.1, 0.15) is 6.04 Å². The number of nitrogens with zero attached hydrogens (tertiary/aromatic N) is 1. The lowest BCUT2D eigenvalue weighted by Crippen LogP contribution is -2.44. The standard InChI is InChI=1S/C12H12ClN3O2S/c1-7(17)15-11(6-19)12(18)16-10-4-8(5-14)2-3-9(10)13/h2-4,11,19H,6H2,1H3,(H,15,17)(H,16,18). The van der Waals surface area contributed by atoms with Gasteiger partial charge in [-0.3, -0.25) is 9.59 Å². The second-order valence-electron chi connectivity index (χ2n) is 3.73. The molecule has 5 nitrogen and oxygen atoms in total. The minimum Gasteiger partial charge on any atom is -0.344 e. The Morgan fingerprint density at radius 2 is 2.21 bits per heavy atom. The van der Waals surface area contributed by atoms with E-state index < -0.39 is 11.9 Å². The molecule has 100 valence electrons. The summed E-state index contributed by atoms with van der Waals surface area (Å²) >= 11 is 9.92. The van der Waals surface area contributed by atoms with Gasteiger partial charge in [0.05, 0.1) is 22.3 Å². The number of amides is 2. The Labute approximate surface area is 121 Å². The zero-order valence-corrected chi connectivity index (χ0v) is 11.8. The molecule has 1 aromatic rings. The van der Waals surface area contributed by atoms with E-state index in [1.165, 1.54) is 19.1 Å². The predicted octanol–water partition coefficient (Wildman–Crippen LogP) is 1.58. The van der Waals surface area contributed by atoms with Gasteiger partial charge >= 0.3 is 0 Å². The highest BCUT2D eigenvalue weighted by molar-refractivity contribution is 7.80. The summed E-state index contributed by atoms with van der Waals surface area (Å²) < 4.78 is 0. The highest BCUT2D eigenvalue weighted by atomic mass is 35.5. The second-order valence-corrected chi connectivity index (χ2v) is 4.50. The summed E-state index contributed by atoms with van der Waals surface area (Å²) in [7, 11) is 0. The van der Waals surface area contributed by atoms with Crippen LogP contribution in [-0.2, 0) is 9.59 Å². The minimum absolute atomic E-state index is 0.154. The number of carbonyl (C=O) groups excluding carboxylic acids is 2. The molecule has 1 unspecified atom stereocenters. The highest BCUT2D eigenvalue weighted by Gasteiger charge is 2.18. The molecule has 1 aromatic carbocycles. The van der Waals surface area contributed by atoms with E-state index in [0.29, 0.717) is 16.3 Å². The number of halogens is 1. The first-order chi connectivity index (χ1) is 8.97. The van der Waals surface area contributed by atoms with Crippen LogP contribution < -0.4 is 10.6 Å². The van der Waals surface area contributed by atoms with Crippen molar-refractivity contribution < 1.29 is 9.59 Å². The lowest BCUT2D eigenvalue weighted by atomic mass is 10.2. The fourth-order valence-electron chi connectivity index (χ4n) is 1.35. The molecule has 0 heterocycles. The maximum Gasteiger partial charge on any atom is 0.247 e. The molecule has 0 saturated carbocycles. The molecule has 0 aliphatic carbocycles. The number of nitrogens with one attached hydrogen (secondary N) is 2. The Balaban J connectivity index is 2.86. The van der Waals surface area contributed by atoms with Crippen molar-refractivity contribution in [1.29, 1.82) is 5.26 Å². The highest BCUT2D eigenvalue weighted by Crippen LogP contribution is 2.22. The third-order valence-corrected chi connectivity index (χ3v) is 2.92. The summed E-state index contributed by atoms with van der Waals surface area (Å²) in [5, 5.41) is 14.1. The van der Waals surface area contributed by atoms with Gasteiger partial charge < -0.3 is 10.6 Å². The van der Waals surface area contributed by atoms with Crippen molar-refractivity contribution in [2.45, 2.75) is 13.0 Å². The van der Waals surface area contributed by atoms with Crippen LogP contribution in [-0.4, -0.2) is 23.6 Å². The molecule has 0 radical (unpaired) electrons. The van der Waals surface area contributed by atoms with Crippen molar-refractivity contribution in [2.75, 3.05) is 11.1 Å². The number of hydrogen-bond acceptors (Lipinski definition) is 4. The fourth-order valence-corrected chi connectivity index (χ4v) is 1.77. The molecule has 0 aromatic heterocycles. The maximum atomic E-state index is 11.9. The summed E-state index contributed by atoms with van der Waals surface area (Å²) in [6.45, 7) is 1.31. The first-order valence-corrected chi connectivity index (χ1v) is 6.37. The van der Waals surface area contributed by atoms with E-state index in [1.54, 1.807) is 6.07 Å². The van der Waals surface area contributed by atoms with Gasteiger partial charge in [0.15, 0.2) is 0 Å². The van der Waals surface area contributed by atoms with Crippen LogP contribution in [0.25, 0.3) is 0 Å². The van der Waals surface area contributed by atoms with Crippen molar-refractivity contribution in [3.63, 3.8) is 0 Å². The number of benzene rings is 1. The number of nitriles is 1. The molecule has 1 atom stereocenters. The van der Waals surface area contributed by atoms with Crippen molar-refractivity contribution in [3.8, 4) is 6.07 Å². The topological polar surface area (TPSA) is 82.0 Å². The van der Waals surface area contributed by atoms with Crippen LogP contribution in [0.1, 0.15) is 12.5 Å². The average molecular weight is 298 g/mol. The second kappa shape index (κ2) is 7.02. The Kier molecular flexibility index (Phi) is 5.67. The van der Waals surface area contributed by atoms with Crippen LogP contribution >= 0.6 is 24.2 Å². The number of anilines is 1. The molecule has 0 aliphatic rings. The molecular formula is C12H12ClN3O2S. The van der Waals surface area contributed by atoms with Crippen molar-refractivity contribution in [3.05, 3.63) is 28.8 Å². The summed E-state index contributed by atoms with van der Waals surface area (Å²) in [6.07, 6.45) is 0. The molecular weight excluding hydrogens is 286 g/mol. The molecule has 0 spiro atoms. The number of rotatable bonds is 4. The third kappa shape index (κ3) is 4.47. The van der Waals surface area contributed by atoms with Crippen LogP contribution in [0.2, 0.25) is 5.02 Å². The van der Waals surface area contributed by atoms with Gasteiger partial charge in [0.25, 0.3) is 0 Å². The minimum atomic E-state index is -0.761. The van der Waals surface area contributed by atoms with E-state index in [-0.39, 0.29) is 11.7 Å². The monoisotopic (exact) mass is 297 g/mol. The molecule has 2 N–H and O–H groups in total. The largest absolute Gasteiger partial charge is 0.344 e. The molecule has 19 heavy (non-hydrogen) atoms. The first kappa shape index (κ1) is 15.3. The normalized spacial score (nSPS) is 11.3. The Morgan fingerprint density at radius 3 is 2.74 bits per heavy atom. The zero-order chi connectivity index (χ0) is 14.4. The van der Waals surface area contributed by atoms with E-state index in [0.717, 1.165) is 0 Å². The molecule has 7 heteroatoms. The summed E-state index contributed by atoms with van der Waals surface area (Å²) in [5.74, 6) is -0.616. The van der Waals surface area contributed by atoms with Gasteiger partial charge in [-0.2, -0.15) is 17.9 Å². The van der Waals surface area contributed by atoms with E-state index in [2.05, 4.69) is 23.3 Å². The smallest absolute Gasteiger partial charge is 0.247 e. The molecule has 1 rings (SSSR count). The van der Waals surface area contributed by atoms with Gasteiger partial charge in [-0.25, -0.2) is 0 Å². The predicted molar refractivity (Wildman–Crippen MR) is 76.3 cm³/mol. The Hall–Kier alpha value is -1.71. The number of carbonyl (C=O) groups is 2. The van der Waals surface area contributed by atoms with Gasteiger partial charge in [-0.05, 0) is 18.2 Å². The van der Waals surface area contributed by atoms with Gasteiger partial charge in [0, 0.05) is 12.7 Å². The third-order valence-electron chi connectivity index (χ3n) is 2.23. The van der Waals surface area contributed by atoms with Gasteiger partial charge in [-0.1, -0.05) is 11.6 Å². The van der Waals surface area contributed by atoms with Crippen LogP contribution in [0.3, 0.4) is 0 Å². The van der Waals surface area contributed by atoms with Crippen molar-refractivity contribution in [2.24, 2.45) is 0 Å². The van der Waals surface area contributed by atoms with Crippen LogP contribution in [0.15, 0.2) is 18.2 Å². The SMILES string of the molecule is CC(=O)NC(CS)C(=O)Nc1cc(C#N)ccc1Cl.